The average molecular weight is 145 g/mol. The summed E-state index contributed by atoms with van der Waals surface area (Å²) in [6, 6.07) is -0.157. The van der Waals surface area contributed by atoms with Gasteiger partial charge in [-0.3, -0.25) is 0 Å². The fourth-order valence-corrected chi connectivity index (χ4v) is 1.07. The van der Waals surface area contributed by atoms with Crippen molar-refractivity contribution in [2.45, 2.75) is 32.0 Å². The minimum absolute atomic E-state index is 0.157. The number of alkyl halides is 1. The van der Waals surface area contributed by atoms with Crippen LogP contribution in [0.4, 0.5) is 4.39 Å². The molecule has 0 unspecified atom stereocenters. The first-order chi connectivity index (χ1) is 4.74. The predicted octanol–water partition coefficient (Wildman–Crippen LogP) is 1.55. The molecule has 0 aliphatic carbocycles. The molecule has 10 heavy (non-hydrogen) atoms. The van der Waals surface area contributed by atoms with Crippen molar-refractivity contribution in [2.75, 3.05) is 7.11 Å². The fraction of sp³-hybridized carbons (Fsp3) is 0.857. The molecule has 1 heterocycles. The van der Waals surface area contributed by atoms with E-state index in [9.17, 15) is 4.39 Å². The maximum Gasteiger partial charge on any atom is 0.183 e. The monoisotopic (exact) mass is 145 g/mol. The van der Waals surface area contributed by atoms with Gasteiger partial charge in [-0.05, 0) is 13.3 Å². The molecule has 58 valence electrons. The second-order valence-corrected chi connectivity index (χ2v) is 2.51. The lowest BCUT2D eigenvalue weighted by Crippen LogP contribution is -2.12. The Balaban J connectivity index is 2.47. The molecule has 1 aliphatic rings. The van der Waals surface area contributed by atoms with Crippen molar-refractivity contribution >= 4 is 5.90 Å². The lowest BCUT2D eigenvalue weighted by atomic mass is 10.1. The highest BCUT2D eigenvalue weighted by molar-refractivity contribution is 5.77. The summed E-state index contributed by atoms with van der Waals surface area (Å²) < 4.78 is 17.4. The third-order valence-corrected chi connectivity index (χ3v) is 1.73. The molecule has 0 amide bonds. The van der Waals surface area contributed by atoms with E-state index >= 15 is 0 Å². The molecule has 0 spiro atoms. The van der Waals surface area contributed by atoms with Crippen molar-refractivity contribution in [1.82, 2.24) is 0 Å². The van der Waals surface area contributed by atoms with Gasteiger partial charge in [-0.25, -0.2) is 9.38 Å². The molecule has 0 fully saturated rings. The van der Waals surface area contributed by atoms with Crippen LogP contribution < -0.4 is 0 Å². The summed E-state index contributed by atoms with van der Waals surface area (Å²) in [6.45, 7) is 1.53. The van der Waals surface area contributed by atoms with Crippen LogP contribution >= 0.6 is 0 Å². The van der Waals surface area contributed by atoms with Crippen LogP contribution in [0, 0.1) is 0 Å². The van der Waals surface area contributed by atoms with Crippen LogP contribution in [-0.4, -0.2) is 25.2 Å². The van der Waals surface area contributed by atoms with E-state index in [0.717, 1.165) is 12.8 Å². The second-order valence-electron chi connectivity index (χ2n) is 2.51. The number of hydrogen-bond acceptors (Lipinski definition) is 2. The van der Waals surface area contributed by atoms with Crippen molar-refractivity contribution in [3.8, 4) is 0 Å². The summed E-state index contributed by atoms with van der Waals surface area (Å²) in [5.74, 6) is 0.689. The summed E-state index contributed by atoms with van der Waals surface area (Å²) in [6.07, 6.45) is 0.739. The van der Waals surface area contributed by atoms with Crippen LogP contribution in [0.5, 0.6) is 0 Å². The second kappa shape index (κ2) is 2.99. The van der Waals surface area contributed by atoms with Gasteiger partial charge in [0, 0.05) is 6.42 Å². The number of methoxy groups -OCH3 is 1. The molecule has 0 aromatic carbocycles. The Morgan fingerprint density at radius 2 is 2.50 bits per heavy atom. The van der Waals surface area contributed by atoms with Crippen LogP contribution in [0.25, 0.3) is 0 Å². The Hall–Kier alpha value is -0.600. The van der Waals surface area contributed by atoms with Crippen LogP contribution in [-0.2, 0) is 4.74 Å². The van der Waals surface area contributed by atoms with Gasteiger partial charge in [0.15, 0.2) is 5.90 Å². The number of ether oxygens (including phenoxy) is 1. The zero-order chi connectivity index (χ0) is 7.56. The van der Waals surface area contributed by atoms with Gasteiger partial charge in [0.1, 0.15) is 6.17 Å². The summed E-state index contributed by atoms with van der Waals surface area (Å²) >= 11 is 0. The first-order valence-corrected chi connectivity index (χ1v) is 3.48. The lowest BCUT2D eigenvalue weighted by molar-refractivity contribution is 0.306. The first kappa shape index (κ1) is 7.51. The maximum absolute atomic E-state index is 12.6. The topological polar surface area (TPSA) is 21.6 Å². The molecular formula is C7H12FNO. The van der Waals surface area contributed by atoms with E-state index in [1.54, 1.807) is 7.11 Å². The van der Waals surface area contributed by atoms with Crippen LogP contribution in [0.1, 0.15) is 19.8 Å². The smallest absolute Gasteiger partial charge is 0.183 e. The van der Waals surface area contributed by atoms with Crippen molar-refractivity contribution in [3.05, 3.63) is 0 Å². The third kappa shape index (κ3) is 1.46. The van der Waals surface area contributed by atoms with Crippen molar-refractivity contribution in [1.29, 1.82) is 0 Å². The number of halogens is 1. The number of rotatable bonds is 1. The molecule has 0 bridgehead atoms. The van der Waals surface area contributed by atoms with Gasteiger partial charge < -0.3 is 4.74 Å². The highest BCUT2D eigenvalue weighted by Gasteiger charge is 2.22. The lowest BCUT2D eigenvalue weighted by Gasteiger charge is -2.04. The van der Waals surface area contributed by atoms with Gasteiger partial charge in [-0.2, -0.15) is 0 Å². The molecule has 2 nitrogen and oxygen atoms in total. The molecule has 2 atom stereocenters. The van der Waals surface area contributed by atoms with Gasteiger partial charge in [0.25, 0.3) is 0 Å². The first-order valence-electron chi connectivity index (χ1n) is 3.48. The van der Waals surface area contributed by atoms with Crippen molar-refractivity contribution in [2.24, 2.45) is 4.99 Å². The predicted molar refractivity (Wildman–Crippen MR) is 38.0 cm³/mol. The number of nitrogens with zero attached hydrogens (tertiary/aromatic N) is 1. The van der Waals surface area contributed by atoms with E-state index in [2.05, 4.69) is 4.99 Å². The summed E-state index contributed by atoms with van der Waals surface area (Å²) in [5.41, 5.74) is 0. The summed E-state index contributed by atoms with van der Waals surface area (Å²) in [7, 11) is 1.57. The van der Waals surface area contributed by atoms with Crippen molar-refractivity contribution < 1.29 is 9.13 Å². The minimum atomic E-state index is -0.840. The third-order valence-electron chi connectivity index (χ3n) is 1.73. The zero-order valence-electron chi connectivity index (χ0n) is 6.30. The molecule has 0 saturated carbocycles. The highest BCUT2D eigenvalue weighted by atomic mass is 19.1. The molecule has 3 heteroatoms. The SMILES string of the molecule is COC1=N[C@@H]([C@@H](C)F)CC1. The summed E-state index contributed by atoms with van der Waals surface area (Å²) in [5, 5.41) is 0. The molecule has 1 aliphatic heterocycles. The molecular weight excluding hydrogens is 133 g/mol. The molecule has 0 N–H and O–H groups in total. The highest BCUT2D eigenvalue weighted by Crippen LogP contribution is 2.18. The molecule has 1 rings (SSSR count). The van der Waals surface area contributed by atoms with E-state index in [-0.39, 0.29) is 6.04 Å². The van der Waals surface area contributed by atoms with Gasteiger partial charge >= 0.3 is 0 Å². The van der Waals surface area contributed by atoms with E-state index in [4.69, 9.17) is 4.74 Å². The van der Waals surface area contributed by atoms with Crippen LogP contribution in [0.2, 0.25) is 0 Å². The largest absolute Gasteiger partial charge is 0.484 e. The normalized spacial score (nSPS) is 27.9. The Labute approximate surface area is 60.1 Å². The molecule has 0 aromatic heterocycles. The van der Waals surface area contributed by atoms with Crippen LogP contribution in [0.3, 0.4) is 0 Å². The Morgan fingerprint density at radius 3 is 2.80 bits per heavy atom. The Kier molecular flexibility index (Phi) is 2.25. The fourth-order valence-electron chi connectivity index (χ4n) is 1.07. The zero-order valence-corrected chi connectivity index (χ0v) is 6.30. The Morgan fingerprint density at radius 1 is 1.80 bits per heavy atom. The number of aliphatic imine (C=N–C) groups is 1. The Bertz CT molecular complexity index is 145. The van der Waals surface area contributed by atoms with Crippen molar-refractivity contribution in [3.63, 3.8) is 0 Å². The van der Waals surface area contributed by atoms with Gasteiger partial charge in [0.05, 0.1) is 13.2 Å². The van der Waals surface area contributed by atoms with Gasteiger partial charge in [0.2, 0.25) is 0 Å². The quantitative estimate of drug-likeness (QED) is 0.548. The molecule has 0 aromatic rings. The van der Waals surface area contributed by atoms with E-state index < -0.39 is 6.17 Å². The van der Waals surface area contributed by atoms with E-state index in [1.807, 2.05) is 0 Å². The molecule has 0 saturated heterocycles. The molecule has 0 radical (unpaired) electrons. The van der Waals surface area contributed by atoms with Gasteiger partial charge in [-0.1, -0.05) is 0 Å². The minimum Gasteiger partial charge on any atom is -0.484 e. The van der Waals surface area contributed by atoms with Crippen LogP contribution in [0.15, 0.2) is 4.99 Å². The number of hydrogen-bond donors (Lipinski definition) is 0. The average Bonchev–Trinajstić information content (AvgIpc) is 2.34. The standard InChI is InChI=1S/C7H12FNO/c1-5(8)6-3-4-7(9-6)10-2/h5-6H,3-4H2,1-2H3/t5-,6-/m1/s1. The van der Waals surface area contributed by atoms with E-state index in [0.29, 0.717) is 5.90 Å². The summed E-state index contributed by atoms with van der Waals surface area (Å²) in [4.78, 5) is 4.03. The van der Waals surface area contributed by atoms with E-state index in [1.165, 1.54) is 6.92 Å². The maximum atomic E-state index is 12.6. The van der Waals surface area contributed by atoms with Gasteiger partial charge in [-0.15, -0.1) is 0 Å².